The van der Waals surface area contributed by atoms with Crippen molar-refractivity contribution in [3.63, 3.8) is 0 Å². The van der Waals surface area contributed by atoms with Gasteiger partial charge >= 0.3 is 0 Å². The Morgan fingerprint density at radius 2 is 1.86 bits per heavy atom. The maximum atomic E-state index is 5.06. The Morgan fingerprint density at radius 1 is 1.10 bits per heavy atom. The molecule has 1 fully saturated rings. The van der Waals surface area contributed by atoms with Crippen LogP contribution in [0.2, 0.25) is 0 Å². The Labute approximate surface area is 190 Å². The minimum Gasteiger partial charge on any atom is -0.383 e. The van der Waals surface area contributed by atoms with Gasteiger partial charge in [0.1, 0.15) is 5.82 Å². The second kappa shape index (κ2) is 12.5. The van der Waals surface area contributed by atoms with Gasteiger partial charge in [0.05, 0.1) is 6.61 Å². The molecule has 0 aliphatic carbocycles. The normalized spacial score (nSPS) is 14.3. The van der Waals surface area contributed by atoms with Gasteiger partial charge in [-0.15, -0.1) is 24.0 Å². The zero-order valence-electron chi connectivity index (χ0n) is 17.2. The predicted molar refractivity (Wildman–Crippen MR) is 130 cm³/mol. The molecule has 0 atom stereocenters. The Balaban J connectivity index is 0.00000300. The average molecular weight is 510 g/mol. The summed E-state index contributed by atoms with van der Waals surface area (Å²) in [7, 11) is 3.55. The summed E-state index contributed by atoms with van der Waals surface area (Å²) in [5.74, 6) is 1.99. The number of guanidine groups is 1. The molecule has 0 spiro atoms. The lowest BCUT2D eigenvalue weighted by atomic mass is 10.2. The number of benzene rings is 1. The van der Waals surface area contributed by atoms with Crippen molar-refractivity contribution in [2.45, 2.75) is 6.54 Å². The van der Waals surface area contributed by atoms with Crippen LogP contribution < -0.4 is 15.5 Å². The van der Waals surface area contributed by atoms with Crippen LogP contribution in [0, 0.1) is 0 Å². The van der Waals surface area contributed by atoms with Gasteiger partial charge in [0.25, 0.3) is 0 Å². The third-order valence-corrected chi connectivity index (χ3v) is 4.80. The molecule has 3 rings (SSSR count). The molecule has 29 heavy (non-hydrogen) atoms. The van der Waals surface area contributed by atoms with Gasteiger partial charge in [-0.05, 0) is 29.8 Å². The van der Waals surface area contributed by atoms with Crippen molar-refractivity contribution in [3.05, 3.63) is 54.2 Å². The van der Waals surface area contributed by atoms with Crippen molar-refractivity contribution >= 4 is 41.4 Å². The van der Waals surface area contributed by atoms with Crippen LogP contribution >= 0.6 is 24.0 Å². The maximum absolute atomic E-state index is 5.06. The monoisotopic (exact) mass is 510 g/mol. The number of nitrogens with one attached hydrogen (secondary N) is 2. The number of aromatic nitrogens is 1. The highest BCUT2D eigenvalue weighted by Gasteiger charge is 2.20. The molecule has 1 aliphatic rings. The smallest absolute Gasteiger partial charge is 0.194 e. The van der Waals surface area contributed by atoms with Gasteiger partial charge in [0, 0.05) is 65.3 Å². The predicted octanol–water partition coefficient (Wildman–Crippen LogP) is 2.66. The van der Waals surface area contributed by atoms with Crippen LogP contribution in [0.4, 0.5) is 11.5 Å². The van der Waals surface area contributed by atoms with Crippen molar-refractivity contribution in [1.29, 1.82) is 0 Å². The fourth-order valence-corrected chi connectivity index (χ4v) is 3.24. The van der Waals surface area contributed by atoms with Gasteiger partial charge in [-0.1, -0.05) is 18.2 Å². The van der Waals surface area contributed by atoms with E-state index < -0.39 is 0 Å². The van der Waals surface area contributed by atoms with Crippen molar-refractivity contribution in [2.24, 2.45) is 4.99 Å². The molecule has 0 unspecified atom stereocenters. The molecule has 1 aromatic carbocycles. The third kappa shape index (κ3) is 7.04. The summed E-state index contributed by atoms with van der Waals surface area (Å²) in [4.78, 5) is 13.5. The van der Waals surface area contributed by atoms with Crippen LogP contribution in [0.1, 0.15) is 5.56 Å². The molecule has 2 N–H and O–H groups in total. The summed E-state index contributed by atoms with van der Waals surface area (Å²) in [5, 5.41) is 6.81. The first-order valence-electron chi connectivity index (χ1n) is 9.73. The third-order valence-electron chi connectivity index (χ3n) is 4.80. The van der Waals surface area contributed by atoms with Gasteiger partial charge in [-0.25, -0.2) is 4.98 Å². The molecule has 1 aromatic heterocycles. The summed E-state index contributed by atoms with van der Waals surface area (Å²) in [6.07, 6.45) is 1.85. The first kappa shape index (κ1) is 23.2. The average Bonchev–Trinajstić information content (AvgIpc) is 2.76. The van der Waals surface area contributed by atoms with Crippen LogP contribution in [0.25, 0.3) is 0 Å². The van der Waals surface area contributed by atoms with Crippen LogP contribution in [-0.4, -0.2) is 69.3 Å². The number of pyridine rings is 1. The highest BCUT2D eigenvalue weighted by molar-refractivity contribution is 14.0. The number of methoxy groups -OCH3 is 1. The molecule has 0 amide bonds. The summed E-state index contributed by atoms with van der Waals surface area (Å²) in [5.41, 5.74) is 2.33. The molecule has 7 nitrogen and oxygen atoms in total. The van der Waals surface area contributed by atoms with Gasteiger partial charge in [-0.3, -0.25) is 4.99 Å². The van der Waals surface area contributed by atoms with E-state index in [1.54, 1.807) is 7.11 Å². The SMILES string of the molecule is CN=C(NCc1ccc(NCCOC)cc1)N1CCN(c2ccccn2)CC1.I. The fourth-order valence-electron chi connectivity index (χ4n) is 3.24. The Hall–Kier alpha value is -2.07. The first-order chi connectivity index (χ1) is 13.8. The highest BCUT2D eigenvalue weighted by Crippen LogP contribution is 2.13. The number of anilines is 2. The molecule has 0 radical (unpaired) electrons. The molecule has 158 valence electrons. The van der Waals surface area contributed by atoms with Gasteiger partial charge in [0.2, 0.25) is 0 Å². The number of hydrogen-bond acceptors (Lipinski definition) is 5. The van der Waals surface area contributed by atoms with Crippen molar-refractivity contribution in [2.75, 3.05) is 63.7 Å². The lowest BCUT2D eigenvalue weighted by Crippen LogP contribution is -2.52. The number of aliphatic imine (C=N–C) groups is 1. The molecule has 0 saturated carbocycles. The zero-order chi connectivity index (χ0) is 19.6. The number of halogens is 1. The van der Waals surface area contributed by atoms with E-state index in [0.717, 1.165) is 56.7 Å². The van der Waals surface area contributed by atoms with E-state index in [2.05, 4.69) is 60.7 Å². The van der Waals surface area contributed by atoms with E-state index >= 15 is 0 Å². The van der Waals surface area contributed by atoms with Crippen LogP contribution in [0.3, 0.4) is 0 Å². The zero-order valence-corrected chi connectivity index (χ0v) is 19.5. The molecule has 1 aliphatic heterocycles. The van der Waals surface area contributed by atoms with E-state index in [4.69, 9.17) is 4.74 Å². The fraction of sp³-hybridized carbons (Fsp3) is 0.429. The summed E-state index contributed by atoms with van der Waals surface area (Å²) < 4.78 is 5.06. The standard InChI is InChI=1S/C21H30N6O.HI/c1-22-21(25-17-18-6-8-19(9-7-18)23-11-16-28-2)27-14-12-26(13-15-27)20-5-3-4-10-24-20;/h3-10,23H,11-17H2,1-2H3,(H,22,25);1H. The molecule has 8 heteroatoms. The van der Waals surface area contributed by atoms with Gasteiger partial charge in [-0.2, -0.15) is 0 Å². The second-order valence-electron chi connectivity index (χ2n) is 6.68. The quantitative estimate of drug-likeness (QED) is 0.259. The maximum Gasteiger partial charge on any atom is 0.194 e. The molecule has 2 heterocycles. The number of nitrogens with zero attached hydrogens (tertiary/aromatic N) is 4. The molecule has 1 saturated heterocycles. The molecule has 2 aromatic rings. The van der Waals surface area contributed by atoms with E-state index in [0.29, 0.717) is 6.61 Å². The van der Waals surface area contributed by atoms with Crippen molar-refractivity contribution in [1.82, 2.24) is 15.2 Å². The minimum absolute atomic E-state index is 0. The van der Waals surface area contributed by atoms with E-state index in [1.807, 2.05) is 25.4 Å². The van der Waals surface area contributed by atoms with Crippen LogP contribution in [-0.2, 0) is 11.3 Å². The van der Waals surface area contributed by atoms with Crippen LogP contribution in [0.5, 0.6) is 0 Å². The largest absolute Gasteiger partial charge is 0.383 e. The highest BCUT2D eigenvalue weighted by atomic mass is 127. The van der Waals surface area contributed by atoms with Gasteiger partial charge in [0.15, 0.2) is 5.96 Å². The van der Waals surface area contributed by atoms with E-state index in [9.17, 15) is 0 Å². The minimum atomic E-state index is 0. The summed E-state index contributed by atoms with van der Waals surface area (Å²) in [6.45, 7) is 6.01. The Kier molecular flexibility index (Phi) is 9.99. The number of rotatable bonds is 7. The first-order valence-corrected chi connectivity index (χ1v) is 9.73. The lowest BCUT2D eigenvalue weighted by Gasteiger charge is -2.37. The molecule has 0 bridgehead atoms. The summed E-state index contributed by atoms with van der Waals surface area (Å²) in [6, 6.07) is 14.5. The van der Waals surface area contributed by atoms with E-state index in [1.165, 1.54) is 5.56 Å². The Bertz CT molecular complexity index is 733. The van der Waals surface area contributed by atoms with Crippen molar-refractivity contribution in [3.8, 4) is 0 Å². The number of ether oxygens (including phenoxy) is 1. The van der Waals surface area contributed by atoms with Crippen LogP contribution in [0.15, 0.2) is 53.7 Å². The number of piperazine rings is 1. The summed E-state index contributed by atoms with van der Waals surface area (Å²) >= 11 is 0. The topological polar surface area (TPSA) is 65.0 Å². The number of hydrogen-bond donors (Lipinski definition) is 2. The Morgan fingerprint density at radius 3 is 2.48 bits per heavy atom. The lowest BCUT2D eigenvalue weighted by molar-refractivity contribution is 0.211. The molecular formula is C21H31IN6O. The van der Waals surface area contributed by atoms with Gasteiger partial charge < -0.3 is 25.2 Å². The van der Waals surface area contributed by atoms with E-state index in [-0.39, 0.29) is 24.0 Å². The van der Waals surface area contributed by atoms with Crippen molar-refractivity contribution < 1.29 is 4.74 Å². The second-order valence-corrected chi connectivity index (χ2v) is 6.68. The molecular weight excluding hydrogens is 479 g/mol.